The van der Waals surface area contributed by atoms with Crippen LogP contribution in [0.2, 0.25) is 0 Å². The Morgan fingerprint density at radius 2 is 2.00 bits per heavy atom. The van der Waals surface area contributed by atoms with Gasteiger partial charge in [0.1, 0.15) is 5.82 Å². The minimum Gasteiger partial charge on any atom is -0.371 e. The highest BCUT2D eigenvalue weighted by Gasteiger charge is 2.24. The fourth-order valence-electron chi connectivity index (χ4n) is 2.84. The maximum absolute atomic E-state index is 13.4. The largest absolute Gasteiger partial charge is 0.371 e. The lowest BCUT2D eigenvalue weighted by Crippen LogP contribution is -2.27. The molecule has 1 aliphatic rings. The molecule has 0 aromatic heterocycles. The Hall–Kier alpha value is -1.09. The molecule has 3 heteroatoms. The Labute approximate surface area is 115 Å². The first kappa shape index (κ1) is 14.3. The fourth-order valence-corrected chi connectivity index (χ4v) is 2.84. The number of halogens is 1. The molecule has 19 heavy (non-hydrogen) atoms. The van der Waals surface area contributed by atoms with Crippen LogP contribution in [0.3, 0.4) is 0 Å². The lowest BCUT2D eigenvalue weighted by atomic mass is 9.85. The summed E-state index contributed by atoms with van der Waals surface area (Å²) in [6.45, 7) is 8.63. The molecular formula is C16H25FN2. The average Bonchev–Trinajstić information content (AvgIpc) is 2.50. The lowest BCUT2D eigenvalue weighted by Gasteiger charge is -2.28. The number of nitrogens with zero attached hydrogens (tertiary/aromatic N) is 1. The zero-order valence-corrected chi connectivity index (χ0v) is 12.2. The third-order valence-electron chi connectivity index (χ3n) is 4.16. The van der Waals surface area contributed by atoms with Crippen LogP contribution in [-0.2, 0) is 0 Å². The molecule has 2 N–H and O–H groups in total. The Balaban J connectivity index is 2.26. The van der Waals surface area contributed by atoms with Crippen molar-refractivity contribution in [3.05, 3.63) is 29.6 Å². The molecule has 1 heterocycles. The SMILES string of the molecule is C[C@@H](N)c1cc(F)ccc1N1CCCC(C)(C)CC1. The number of nitrogens with two attached hydrogens (primary N) is 1. The number of benzene rings is 1. The van der Waals surface area contributed by atoms with E-state index in [0.717, 1.165) is 24.3 Å². The second-order valence-electron chi connectivity index (χ2n) is 6.50. The Morgan fingerprint density at radius 3 is 2.68 bits per heavy atom. The van der Waals surface area contributed by atoms with Crippen molar-refractivity contribution in [2.45, 2.75) is 46.1 Å². The van der Waals surface area contributed by atoms with Gasteiger partial charge in [0.15, 0.2) is 0 Å². The maximum atomic E-state index is 13.4. The minimum absolute atomic E-state index is 0.137. The zero-order valence-electron chi connectivity index (χ0n) is 12.2. The van der Waals surface area contributed by atoms with Crippen LogP contribution in [0.25, 0.3) is 0 Å². The van der Waals surface area contributed by atoms with Crippen molar-refractivity contribution in [2.75, 3.05) is 18.0 Å². The summed E-state index contributed by atoms with van der Waals surface area (Å²) in [5, 5.41) is 0. The van der Waals surface area contributed by atoms with Crippen molar-refractivity contribution < 1.29 is 4.39 Å². The van der Waals surface area contributed by atoms with Crippen LogP contribution in [0.1, 0.15) is 51.6 Å². The summed E-state index contributed by atoms with van der Waals surface area (Å²) in [7, 11) is 0. The third-order valence-corrected chi connectivity index (χ3v) is 4.16. The van der Waals surface area contributed by atoms with Gasteiger partial charge in [0.05, 0.1) is 0 Å². The van der Waals surface area contributed by atoms with Gasteiger partial charge in [-0.15, -0.1) is 0 Å². The molecule has 2 rings (SSSR count). The van der Waals surface area contributed by atoms with Crippen molar-refractivity contribution >= 4 is 5.69 Å². The van der Waals surface area contributed by atoms with E-state index < -0.39 is 0 Å². The molecule has 0 spiro atoms. The van der Waals surface area contributed by atoms with Crippen molar-refractivity contribution in [1.29, 1.82) is 0 Å². The van der Waals surface area contributed by atoms with Gasteiger partial charge >= 0.3 is 0 Å². The van der Waals surface area contributed by atoms with E-state index in [0.29, 0.717) is 5.41 Å². The molecule has 1 fully saturated rings. The summed E-state index contributed by atoms with van der Waals surface area (Å²) >= 11 is 0. The minimum atomic E-state index is -0.203. The molecule has 106 valence electrons. The summed E-state index contributed by atoms with van der Waals surface area (Å²) in [5.74, 6) is -0.203. The predicted octanol–water partition coefficient (Wildman–Crippen LogP) is 3.86. The van der Waals surface area contributed by atoms with Crippen LogP contribution in [0.5, 0.6) is 0 Å². The number of rotatable bonds is 2. The molecule has 1 atom stereocenters. The van der Waals surface area contributed by atoms with Gasteiger partial charge in [-0.2, -0.15) is 0 Å². The van der Waals surface area contributed by atoms with Gasteiger partial charge in [0, 0.05) is 24.8 Å². The zero-order chi connectivity index (χ0) is 14.0. The van der Waals surface area contributed by atoms with E-state index in [4.69, 9.17) is 5.73 Å². The third kappa shape index (κ3) is 3.47. The van der Waals surface area contributed by atoms with Gasteiger partial charge < -0.3 is 10.6 Å². The molecular weight excluding hydrogens is 239 g/mol. The smallest absolute Gasteiger partial charge is 0.123 e. The van der Waals surface area contributed by atoms with E-state index >= 15 is 0 Å². The van der Waals surface area contributed by atoms with Crippen LogP contribution >= 0.6 is 0 Å². The van der Waals surface area contributed by atoms with E-state index in [1.165, 1.54) is 25.3 Å². The molecule has 0 aliphatic carbocycles. The van der Waals surface area contributed by atoms with Gasteiger partial charge in [-0.3, -0.25) is 0 Å². The van der Waals surface area contributed by atoms with E-state index in [1.54, 1.807) is 6.07 Å². The van der Waals surface area contributed by atoms with Crippen LogP contribution in [0.15, 0.2) is 18.2 Å². The van der Waals surface area contributed by atoms with E-state index in [9.17, 15) is 4.39 Å². The molecule has 1 aromatic rings. The molecule has 0 saturated carbocycles. The van der Waals surface area contributed by atoms with Gasteiger partial charge in [-0.05, 0) is 55.4 Å². The highest BCUT2D eigenvalue weighted by molar-refractivity contribution is 5.55. The van der Waals surface area contributed by atoms with E-state index in [-0.39, 0.29) is 11.9 Å². The van der Waals surface area contributed by atoms with Crippen molar-refractivity contribution in [2.24, 2.45) is 11.1 Å². The first-order valence-electron chi connectivity index (χ1n) is 7.19. The van der Waals surface area contributed by atoms with Crippen LogP contribution in [0, 0.1) is 11.2 Å². The quantitative estimate of drug-likeness (QED) is 0.878. The van der Waals surface area contributed by atoms with Gasteiger partial charge in [-0.25, -0.2) is 4.39 Å². The second-order valence-corrected chi connectivity index (χ2v) is 6.50. The topological polar surface area (TPSA) is 29.3 Å². The molecule has 0 radical (unpaired) electrons. The summed E-state index contributed by atoms with van der Waals surface area (Å²) in [6, 6.07) is 4.86. The summed E-state index contributed by atoms with van der Waals surface area (Å²) in [6.07, 6.45) is 3.60. The lowest BCUT2D eigenvalue weighted by molar-refractivity contribution is 0.325. The van der Waals surface area contributed by atoms with Crippen molar-refractivity contribution in [3.63, 3.8) is 0 Å². The Kier molecular flexibility index (Phi) is 4.14. The highest BCUT2D eigenvalue weighted by atomic mass is 19.1. The van der Waals surface area contributed by atoms with Crippen LogP contribution in [0.4, 0.5) is 10.1 Å². The molecule has 2 nitrogen and oxygen atoms in total. The maximum Gasteiger partial charge on any atom is 0.123 e. The van der Waals surface area contributed by atoms with Crippen molar-refractivity contribution in [3.8, 4) is 0 Å². The first-order valence-corrected chi connectivity index (χ1v) is 7.19. The molecule has 0 unspecified atom stereocenters. The second kappa shape index (κ2) is 5.49. The first-order chi connectivity index (χ1) is 8.89. The predicted molar refractivity (Wildman–Crippen MR) is 78.8 cm³/mol. The van der Waals surface area contributed by atoms with Gasteiger partial charge in [0.25, 0.3) is 0 Å². The number of hydrogen-bond donors (Lipinski definition) is 1. The normalized spacial score (nSPS) is 21.0. The summed E-state index contributed by atoms with van der Waals surface area (Å²) in [5.41, 5.74) is 8.42. The Morgan fingerprint density at radius 1 is 1.26 bits per heavy atom. The van der Waals surface area contributed by atoms with Crippen LogP contribution in [-0.4, -0.2) is 13.1 Å². The monoisotopic (exact) mass is 264 g/mol. The van der Waals surface area contributed by atoms with Gasteiger partial charge in [0.2, 0.25) is 0 Å². The van der Waals surface area contributed by atoms with Crippen LogP contribution < -0.4 is 10.6 Å². The molecule has 1 aromatic carbocycles. The summed E-state index contributed by atoms with van der Waals surface area (Å²) < 4.78 is 13.4. The Bertz CT molecular complexity index is 440. The fraction of sp³-hybridized carbons (Fsp3) is 0.625. The molecule has 0 amide bonds. The van der Waals surface area contributed by atoms with Crippen molar-refractivity contribution in [1.82, 2.24) is 0 Å². The average molecular weight is 264 g/mol. The highest BCUT2D eigenvalue weighted by Crippen LogP contribution is 2.34. The molecule has 1 aliphatic heterocycles. The van der Waals surface area contributed by atoms with E-state index in [2.05, 4.69) is 18.7 Å². The standard InChI is InChI=1S/C16H25FN2/c1-12(18)14-11-13(17)5-6-15(14)19-9-4-7-16(2,3)8-10-19/h5-6,11-12H,4,7-10,18H2,1-3H3/t12-/m1/s1. The molecule has 0 bridgehead atoms. The van der Waals surface area contributed by atoms with Gasteiger partial charge in [-0.1, -0.05) is 13.8 Å². The number of anilines is 1. The summed E-state index contributed by atoms with van der Waals surface area (Å²) in [4.78, 5) is 2.37. The number of hydrogen-bond acceptors (Lipinski definition) is 2. The van der Waals surface area contributed by atoms with E-state index in [1.807, 2.05) is 13.0 Å². The molecule has 1 saturated heterocycles.